The molecule has 0 radical (unpaired) electrons. The molecule has 24 heavy (non-hydrogen) atoms. The second-order valence-corrected chi connectivity index (χ2v) is 5.79. The third-order valence-corrected chi connectivity index (χ3v) is 3.95. The first-order chi connectivity index (χ1) is 11.9. The van der Waals surface area contributed by atoms with E-state index in [0.717, 1.165) is 41.6 Å². The van der Waals surface area contributed by atoms with Crippen molar-refractivity contribution in [3.05, 3.63) is 60.9 Å². The second-order valence-electron chi connectivity index (χ2n) is 5.79. The summed E-state index contributed by atoms with van der Waals surface area (Å²) in [5.41, 5.74) is 3.96. The molecule has 0 amide bonds. The topological polar surface area (TPSA) is 64.2 Å². The van der Waals surface area contributed by atoms with Crippen molar-refractivity contribution in [2.24, 2.45) is 0 Å². The van der Waals surface area contributed by atoms with Gasteiger partial charge in [0.15, 0.2) is 12.4 Å². The average Bonchev–Trinajstić information content (AvgIpc) is 3.47. The van der Waals surface area contributed by atoms with Crippen molar-refractivity contribution in [3.8, 4) is 28.5 Å². The number of pyridine rings is 3. The molecule has 120 valence electrons. The number of hydrogen-bond donors (Lipinski definition) is 0. The van der Waals surface area contributed by atoms with Gasteiger partial charge in [0.1, 0.15) is 5.75 Å². The average molecular weight is 322 g/mol. The molecule has 0 aromatic carbocycles. The lowest BCUT2D eigenvalue weighted by molar-refractivity contribution is -0.411. The Labute approximate surface area is 140 Å². The monoisotopic (exact) mass is 322 g/mol. The van der Waals surface area contributed by atoms with E-state index >= 15 is 0 Å². The first-order valence-corrected chi connectivity index (χ1v) is 8.14. The van der Waals surface area contributed by atoms with E-state index in [9.17, 15) is 0 Å². The summed E-state index contributed by atoms with van der Waals surface area (Å²) in [7, 11) is 0. The molecule has 1 aliphatic rings. The Morgan fingerprint density at radius 3 is 2.04 bits per heavy atom. The molecule has 3 aromatic heterocycles. The molecule has 4 rings (SSSR count). The molecule has 3 aromatic rings. The summed E-state index contributed by atoms with van der Waals surface area (Å²) in [5, 5.41) is 0. The van der Waals surface area contributed by atoms with Gasteiger partial charge in [0.05, 0.1) is 31.5 Å². The fourth-order valence-electron chi connectivity index (χ4n) is 2.58. The van der Waals surface area contributed by atoms with Gasteiger partial charge >= 0.3 is 0 Å². The Kier molecular flexibility index (Phi) is 4.16. The van der Waals surface area contributed by atoms with Gasteiger partial charge in [-0.3, -0.25) is 0 Å². The zero-order valence-corrected chi connectivity index (χ0v) is 13.3. The van der Waals surface area contributed by atoms with Gasteiger partial charge in [-0.15, -0.1) is 0 Å². The van der Waals surface area contributed by atoms with Crippen molar-refractivity contribution in [1.29, 1.82) is 0 Å². The minimum absolute atomic E-state index is 0.379. The van der Waals surface area contributed by atoms with Crippen LogP contribution in [0.15, 0.2) is 60.9 Å². The number of aromatic nitrogens is 3. The Morgan fingerprint density at radius 2 is 1.54 bits per heavy atom. The highest BCUT2D eigenvalue weighted by Crippen LogP contribution is 2.22. The number of epoxide rings is 1. The van der Waals surface area contributed by atoms with Gasteiger partial charge in [-0.1, -0.05) is 0 Å². The van der Waals surface area contributed by atoms with Gasteiger partial charge in [-0.2, -0.15) is 4.98 Å². The van der Waals surface area contributed by atoms with Crippen LogP contribution in [0, 0.1) is 0 Å². The van der Waals surface area contributed by atoms with E-state index in [1.165, 1.54) is 0 Å². The van der Waals surface area contributed by atoms with Crippen LogP contribution in [0.25, 0.3) is 22.8 Å². The quantitative estimate of drug-likeness (QED) is 0.648. The number of ether oxygens (including phenoxy) is 2. The van der Waals surface area contributed by atoms with E-state index in [1.807, 2.05) is 60.9 Å². The molecule has 5 nitrogen and oxygen atoms in total. The van der Waals surface area contributed by atoms with Crippen LogP contribution in [0.1, 0.15) is 6.42 Å². The van der Waals surface area contributed by atoms with Crippen LogP contribution < -0.4 is 19.7 Å². The summed E-state index contributed by atoms with van der Waals surface area (Å²) in [5.74, 6) is 0.842. The molecule has 3 N–H and O–H groups in total. The third-order valence-electron chi connectivity index (χ3n) is 3.95. The summed E-state index contributed by atoms with van der Waals surface area (Å²) in [6.07, 6.45) is 5.13. The van der Waals surface area contributed by atoms with E-state index in [0.29, 0.717) is 12.7 Å². The van der Waals surface area contributed by atoms with E-state index in [-0.39, 0.29) is 0 Å². The van der Waals surface area contributed by atoms with Crippen molar-refractivity contribution in [3.63, 3.8) is 0 Å². The van der Waals surface area contributed by atoms with Crippen molar-refractivity contribution in [1.82, 2.24) is 0 Å². The highest BCUT2D eigenvalue weighted by Gasteiger charge is 2.23. The maximum absolute atomic E-state index is 5.95. The van der Waals surface area contributed by atoms with Crippen LogP contribution in [0.5, 0.6) is 5.75 Å². The van der Waals surface area contributed by atoms with Crippen LogP contribution in [0.4, 0.5) is 0 Å². The van der Waals surface area contributed by atoms with Crippen molar-refractivity contribution < 1.29 is 24.4 Å². The third kappa shape index (κ3) is 3.58. The summed E-state index contributed by atoms with van der Waals surface area (Å²) in [6, 6.07) is 16.0. The van der Waals surface area contributed by atoms with Gasteiger partial charge in [-0.25, -0.2) is 9.97 Å². The standard InChI is InChI=1S/C19H17N3O2/c1-3-8-20-16(5-1)18-11-15(23-10-7-14-13-24-14)12-19(22-18)17-6-2-4-9-21-17/h1-6,8-9,11-12,14H,7,10,13H2/p+3. The molecule has 0 aliphatic carbocycles. The van der Waals surface area contributed by atoms with Crippen molar-refractivity contribution in [2.75, 3.05) is 13.2 Å². The van der Waals surface area contributed by atoms with Gasteiger partial charge in [-0.05, 0) is 12.1 Å². The van der Waals surface area contributed by atoms with Crippen molar-refractivity contribution >= 4 is 0 Å². The summed E-state index contributed by atoms with van der Waals surface area (Å²) in [4.78, 5) is 9.98. The minimum Gasteiger partial charge on any atom is -0.493 e. The van der Waals surface area contributed by atoms with Crippen LogP contribution in [0.3, 0.4) is 0 Å². The van der Waals surface area contributed by atoms with Crippen LogP contribution in [0.2, 0.25) is 0 Å². The van der Waals surface area contributed by atoms with E-state index in [1.54, 1.807) is 0 Å². The van der Waals surface area contributed by atoms with Crippen LogP contribution in [-0.4, -0.2) is 19.3 Å². The summed E-state index contributed by atoms with van der Waals surface area (Å²) < 4.78 is 11.2. The number of nitrogens with one attached hydrogen (secondary N) is 3. The fourth-order valence-corrected chi connectivity index (χ4v) is 2.58. The summed E-state index contributed by atoms with van der Waals surface area (Å²) >= 11 is 0. The second kappa shape index (κ2) is 6.76. The van der Waals surface area contributed by atoms with E-state index in [4.69, 9.17) is 9.47 Å². The van der Waals surface area contributed by atoms with Crippen LogP contribution in [-0.2, 0) is 4.74 Å². The maximum Gasteiger partial charge on any atom is 0.280 e. The first kappa shape index (κ1) is 14.8. The zero-order valence-electron chi connectivity index (χ0n) is 13.3. The highest BCUT2D eigenvalue weighted by molar-refractivity contribution is 5.56. The van der Waals surface area contributed by atoms with Crippen LogP contribution >= 0.6 is 0 Å². The molecule has 1 saturated heterocycles. The first-order valence-electron chi connectivity index (χ1n) is 8.14. The Morgan fingerprint density at radius 1 is 0.917 bits per heavy atom. The number of H-pyrrole nitrogens is 3. The largest absolute Gasteiger partial charge is 0.493 e. The van der Waals surface area contributed by atoms with E-state index in [2.05, 4.69) is 15.0 Å². The lowest BCUT2D eigenvalue weighted by Gasteiger charge is -2.04. The Hall–Kier alpha value is -2.79. The Balaban J connectivity index is 1.67. The lowest BCUT2D eigenvalue weighted by atomic mass is 10.2. The van der Waals surface area contributed by atoms with Gasteiger partial charge < -0.3 is 9.47 Å². The molecule has 1 atom stereocenters. The van der Waals surface area contributed by atoms with Gasteiger partial charge in [0, 0.05) is 30.7 Å². The fraction of sp³-hybridized carbons (Fsp3) is 0.211. The molecule has 0 spiro atoms. The summed E-state index contributed by atoms with van der Waals surface area (Å²) in [6.45, 7) is 1.52. The lowest BCUT2D eigenvalue weighted by Crippen LogP contribution is -2.20. The molecular weight excluding hydrogens is 302 g/mol. The zero-order chi connectivity index (χ0) is 16.2. The van der Waals surface area contributed by atoms with Gasteiger partial charge in [0.2, 0.25) is 0 Å². The predicted molar refractivity (Wildman–Crippen MR) is 86.8 cm³/mol. The maximum atomic E-state index is 5.95. The molecule has 1 fully saturated rings. The molecule has 4 heterocycles. The number of aromatic amines is 3. The van der Waals surface area contributed by atoms with Crippen molar-refractivity contribution in [2.45, 2.75) is 12.5 Å². The normalized spacial score (nSPS) is 15.9. The smallest absolute Gasteiger partial charge is 0.280 e. The molecular formula is C19H20N3O2+3. The molecule has 1 aliphatic heterocycles. The van der Waals surface area contributed by atoms with Gasteiger partial charge in [0.25, 0.3) is 22.8 Å². The SMILES string of the molecule is c1ccc(-c2cc(OCCC3CO3)cc(-c3cccc[nH+]3)[nH+]2)[nH+]c1. The Bertz CT molecular complexity index is 748. The van der Waals surface area contributed by atoms with E-state index < -0.39 is 0 Å². The molecule has 5 heteroatoms. The number of rotatable bonds is 6. The molecule has 0 bridgehead atoms. The highest BCUT2D eigenvalue weighted by atomic mass is 16.6. The predicted octanol–water partition coefficient (Wildman–Crippen LogP) is 1.63. The number of hydrogen-bond acceptors (Lipinski definition) is 2. The molecule has 0 saturated carbocycles. The molecule has 1 unspecified atom stereocenters. The minimum atomic E-state index is 0.379.